The van der Waals surface area contributed by atoms with Crippen LogP contribution in [0, 0.1) is 0 Å². The molecule has 0 aromatic heterocycles. The zero-order valence-electron chi connectivity index (χ0n) is 13.5. The number of halogens is 1. The number of para-hydroxylation sites is 1. The van der Waals surface area contributed by atoms with E-state index in [2.05, 4.69) is 10.6 Å². The number of likely N-dealkylation sites (N-methyl/N-ethyl adjacent to an activating group) is 1. The Balaban J connectivity index is 2.62. The number of nitrogens with zero attached hydrogens (tertiary/aromatic N) is 1. The van der Waals surface area contributed by atoms with E-state index >= 15 is 0 Å². The predicted molar refractivity (Wildman–Crippen MR) is 89.2 cm³/mol. The molecule has 0 radical (unpaired) electrons. The highest BCUT2D eigenvalue weighted by Crippen LogP contribution is 2.32. The molecular weight excluding hydrogens is 322 g/mol. The Hall–Kier alpha value is -1.99. The minimum absolute atomic E-state index is 0.0973. The zero-order valence-corrected chi connectivity index (χ0v) is 14.3. The Morgan fingerprint density at radius 1 is 1.26 bits per heavy atom. The summed E-state index contributed by atoms with van der Waals surface area (Å²) >= 11 is 6.10. The van der Waals surface area contributed by atoms with Gasteiger partial charge in [-0.15, -0.1) is 0 Å². The average Bonchev–Trinajstić information content (AvgIpc) is 2.51. The van der Waals surface area contributed by atoms with Gasteiger partial charge in [0.25, 0.3) is 0 Å². The van der Waals surface area contributed by atoms with Gasteiger partial charge >= 0.3 is 6.03 Å². The highest BCUT2D eigenvalue weighted by atomic mass is 35.5. The van der Waals surface area contributed by atoms with Crippen molar-refractivity contribution in [2.24, 2.45) is 0 Å². The quantitative estimate of drug-likeness (QED) is 0.707. The molecule has 0 heterocycles. The monoisotopic (exact) mass is 343 g/mol. The first-order valence-corrected chi connectivity index (χ1v) is 7.57. The number of anilines is 1. The van der Waals surface area contributed by atoms with Crippen molar-refractivity contribution in [3.63, 3.8) is 0 Å². The molecule has 0 aliphatic heterocycles. The first kappa shape index (κ1) is 19.1. The molecule has 0 saturated carbocycles. The lowest BCUT2D eigenvalue weighted by Gasteiger charge is -2.15. The number of urea groups is 1. The Labute approximate surface area is 140 Å². The number of rotatable bonds is 8. The number of benzene rings is 1. The van der Waals surface area contributed by atoms with Gasteiger partial charge in [0.05, 0.1) is 23.9 Å². The summed E-state index contributed by atoms with van der Waals surface area (Å²) in [5.41, 5.74) is 0.420. The number of hydrogen-bond acceptors (Lipinski definition) is 4. The maximum atomic E-state index is 11.9. The Morgan fingerprint density at radius 3 is 2.65 bits per heavy atom. The molecule has 1 aromatic carbocycles. The van der Waals surface area contributed by atoms with Crippen LogP contribution in [-0.2, 0) is 9.53 Å². The molecule has 0 spiro atoms. The van der Waals surface area contributed by atoms with Crippen LogP contribution in [0.5, 0.6) is 5.75 Å². The molecule has 23 heavy (non-hydrogen) atoms. The van der Waals surface area contributed by atoms with Crippen LogP contribution in [0.2, 0.25) is 5.02 Å². The molecule has 0 unspecified atom stereocenters. The molecule has 0 atom stereocenters. The van der Waals surface area contributed by atoms with Crippen molar-refractivity contribution in [1.82, 2.24) is 10.2 Å². The molecule has 2 N–H and O–H groups in total. The third-order valence-corrected chi connectivity index (χ3v) is 3.09. The lowest BCUT2D eigenvalue weighted by Crippen LogP contribution is -2.38. The van der Waals surface area contributed by atoms with Gasteiger partial charge in [-0.2, -0.15) is 0 Å². The molecular formula is C15H22ClN3O4. The van der Waals surface area contributed by atoms with Crippen LogP contribution in [0.1, 0.15) is 6.92 Å². The van der Waals surface area contributed by atoms with Crippen molar-refractivity contribution in [2.75, 3.05) is 45.8 Å². The minimum Gasteiger partial charge on any atom is -0.487 e. The van der Waals surface area contributed by atoms with Crippen molar-refractivity contribution in [3.8, 4) is 5.75 Å². The summed E-state index contributed by atoms with van der Waals surface area (Å²) < 4.78 is 10.8. The number of amides is 3. The smallest absolute Gasteiger partial charge is 0.319 e. The SMILES string of the molecule is CCOCCOc1c(Cl)cccc1NC(=O)NCC(=O)N(C)C. The molecule has 0 fully saturated rings. The highest BCUT2D eigenvalue weighted by molar-refractivity contribution is 6.32. The summed E-state index contributed by atoms with van der Waals surface area (Å²) in [4.78, 5) is 24.7. The molecule has 0 aliphatic carbocycles. The van der Waals surface area contributed by atoms with E-state index in [1.54, 1.807) is 32.3 Å². The molecule has 0 aliphatic rings. The molecule has 1 rings (SSSR count). The van der Waals surface area contributed by atoms with E-state index in [4.69, 9.17) is 21.1 Å². The van der Waals surface area contributed by atoms with Crippen LogP contribution >= 0.6 is 11.6 Å². The number of carbonyl (C=O) groups is 2. The fourth-order valence-corrected chi connectivity index (χ4v) is 1.81. The second kappa shape index (κ2) is 9.91. The number of hydrogen-bond donors (Lipinski definition) is 2. The maximum Gasteiger partial charge on any atom is 0.319 e. The summed E-state index contributed by atoms with van der Waals surface area (Å²) in [5, 5.41) is 5.46. The number of nitrogens with one attached hydrogen (secondary N) is 2. The number of ether oxygens (including phenoxy) is 2. The Kier molecular flexibility index (Phi) is 8.21. The molecule has 1 aromatic rings. The van der Waals surface area contributed by atoms with Crippen molar-refractivity contribution < 1.29 is 19.1 Å². The molecule has 0 bridgehead atoms. The largest absolute Gasteiger partial charge is 0.487 e. The van der Waals surface area contributed by atoms with Crippen molar-refractivity contribution >= 4 is 29.2 Å². The van der Waals surface area contributed by atoms with E-state index in [9.17, 15) is 9.59 Å². The summed E-state index contributed by atoms with van der Waals surface area (Å²) in [7, 11) is 3.23. The third-order valence-electron chi connectivity index (χ3n) is 2.79. The average molecular weight is 344 g/mol. The van der Waals surface area contributed by atoms with E-state index in [1.807, 2.05) is 6.92 Å². The van der Waals surface area contributed by atoms with Crippen LogP contribution in [0.25, 0.3) is 0 Å². The van der Waals surface area contributed by atoms with Gasteiger partial charge in [0, 0.05) is 20.7 Å². The van der Waals surface area contributed by atoms with Crippen molar-refractivity contribution in [2.45, 2.75) is 6.92 Å². The fourth-order valence-electron chi connectivity index (χ4n) is 1.58. The van der Waals surface area contributed by atoms with Crippen LogP contribution < -0.4 is 15.4 Å². The van der Waals surface area contributed by atoms with E-state index in [0.29, 0.717) is 36.3 Å². The second-order valence-electron chi connectivity index (χ2n) is 4.76. The van der Waals surface area contributed by atoms with Crippen molar-refractivity contribution in [1.29, 1.82) is 0 Å². The number of carbonyl (C=O) groups excluding carboxylic acids is 2. The maximum absolute atomic E-state index is 11.9. The van der Waals surface area contributed by atoms with Crippen molar-refractivity contribution in [3.05, 3.63) is 23.2 Å². The first-order valence-electron chi connectivity index (χ1n) is 7.19. The van der Waals surface area contributed by atoms with E-state index in [0.717, 1.165) is 0 Å². The van der Waals surface area contributed by atoms with E-state index in [1.165, 1.54) is 4.90 Å². The topological polar surface area (TPSA) is 79.9 Å². The lowest BCUT2D eigenvalue weighted by atomic mass is 10.3. The molecule has 3 amide bonds. The van der Waals surface area contributed by atoms with Gasteiger partial charge in [0.2, 0.25) is 5.91 Å². The second-order valence-corrected chi connectivity index (χ2v) is 5.16. The van der Waals surface area contributed by atoms with Gasteiger partial charge in [-0.25, -0.2) is 4.79 Å². The Morgan fingerprint density at radius 2 is 2.00 bits per heavy atom. The highest BCUT2D eigenvalue weighted by Gasteiger charge is 2.12. The first-order chi connectivity index (χ1) is 11.0. The molecule has 7 nitrogen and oxygen atoms in total. The molecule has 128 valence electrons. The predicted octanol–water partition coefficient (Wildman–Crippen LogP) is 1.97. The molecule has 0 saturated heterocycles. The summed E-state index contributed by atoms with van der Waals surface area (Å²) in [6, 6.07) is 4.50. The minimum atomic E-state index is -0.517. The van der Waals surface area contributed by atoms with Gasteiger partial charge in [-0.3, -0.25) is 4.79 Å². The Bertz CT molecular complexity index is 537. The normalized spacial score (nSPS) is 10.1. The van der Waals surface area contributed by atoms with Gasteiger partial charge < -0.3 is 25.0 Å². The third kappa shape index (κ3) is 6.75. The van der Waals surface area contributed by atoms with Crippen LogP contribution in [0.3, 0.4) is 0 Å². The van der Waals surface area contributed by atoms with Crippen LogP contribution in [-0.4, -0.2) is 57.3 Å². The van der Waals surface area contributed by atoms with Gasteiger partial charge in [0.15, 0.2) is 5.75 Å². The van der Waals surface area contributed by atoms with Crippen LogP contribution in [0.15, 0.2) is 18.2 Å². The van der Waals surface area contributed by atoms with Crippen LogP contribution in [0.4, 0.5) is 10.5 Å². The summed E-state index contributed by atoms with van der Waals surface area (Å²) in [6.45, 7) is 3.12. The van der Waals surface area contributed by atoms with Gasteiger partial charge in [-0.1, -0.05) is 17.7 Å². The van der Waals surface area contributed by atoms with E-state index < -0.39 is 6.03 Å². The summed E-state index contributed by atoms with van der Waals surface area (Å²) in [5.74, 6) is 0.155. The standard InChI is InChI=1S/C15H22ClN3O4/c1-4-22-8-9-23-14-11(16)6-5-7-12(14)18-15(21)17-10-13(20)19(2)3/h5-7H,4,8-10H2,1-3H3,(H2,17,18,21). The van der Waals surface area contributed by atoms with E-state index in [-0.39, 0.29) is 12.5 Å². The summed E-state index contributed by atoms with van der Waals surface area (Å²) in [6.07, 6.45) is 0. The van der Waals surface area contributed by atoms with Gasteiger partial charge in [0.1, 0.15) is 6.61 Å². The molecule has 8 heteroatoms. The lowest BCUT2D eigenvalue weighted by molar-refractivity contribution is -0.127. The fraction of sp³-hybridized carbons (Fsp3) is 0.467. The van der Waals surface area contributed by atoms with Gasteiger partial charge in [-0.05, 0) is 19.1 Å². The zero-order chi connectivity index (χ0) is 17.2.